The maximum Gasteiger partial charge on any atom is 0.333 e. The van der Waals surface area contributed by atoms with Gasteiger partial charge < -0.3 is 14.2 Å². The van der Waals surface area contributed by atoms with Gasteiger partial charge in [-0.1, -0.05) is 28.7 Å². The smallest absolute Gasteiger partial charge is 0.333 e. The Kier molecular flexibility index (Phi) is 3.52. The monoisotopic (exact) mass is 402 g/mol. The van der Waals surface area contributed by atoms with E-state index < -0.39 is 0 Å². The zero-order valence-corrected chi connectivity index (χ0v) is 14.0. The van der Waals surface area contributed by atoms with Crippen molar-refractivity contribution >= 4 is 28.6 Å². The van der Waals surface area contributed by atoms with Crippen LogP contribution in [-0.4, -0.2) is 34.8 Å². The minimum atomic E-state index is -0.348. The molecule has 1 saturated heterocycles. The summed E-state index contributed by atoms with van der Waals surface area (Å²) in [5.41, 5.74) is 0. The first kappa shape index (κ1) is 14.1. The number of rotatable bonds is 4. The van der Waals surface area contributed by atoms with Crippen LogP contribution in [0.1, 0.15) is 13.3 Å². The van der Waals surface area contributed by atoms with Crippen LogP contribution in [-0.2, 0) is 19.0 Å². The number of hydrogen-bond donors (Lipinski definition) is 0. The van der Waals surface area contributed by atoms with E-state index in [0.717, 1.165) is 0 Å². The Balaban J connectivity index is 1.48. The van der Waals surface area contributed by atoms with Gasteiger partial charge in [0.25, 0.3) is 0 Å². The van der Waals surface area contributed by atoms with E-state index in [2.05, 4.69) is 34.7 Å². The van der Waals surface area contributed by atoms with Crippen molar-refractivity contribution in [2.24, 2.45) is 23.7 Å². The van der Waals surface area contributed by atoms with Crippen LogP contribution in [0.4, 0.5) is 0 Å². The Labute approximate surface area is 138 Å². The number of esters is 1. The fourth-order valence-corrected chi connectivity index (χ4v) is 6.26. The number of alkyl halides is 1. The second-order valence-corrected chi connectivity index (χ2v) is 7.71. The molecule has 0 aromatic heterocycles. The minimum absolute atomic E-state index is 0.0619. The molecule has 4 aliphatic rings. The topological polar surface area (TPSA) is 44.8 Å². The van der Waals surface area contributed by atoms with Gasteiger partial charge in [-0.05, 0) is 31.3 Å². The molecular formula is C16H19IO4. The highest BCUT2D eigenvalue weighted by Crippen LogP contribution is 2.64. The summed E-state index contributed by atoms with van der Waals surface area (Å²) >= 11 is 2.56. The summed E-state index contributed by atoms with van der Waals surface area (Å²) in [4.78, 5) is 11.3. The molecule has 1 aliphatic heterocycles. The van der Waals surface area contributed by atoms with Crippen LogP contribution >= 0.6 is 22.6 Å². The van der Waals surface area contributed by atoms with E-state index in [9.17, 15) is 4.79 Å². The average molecular weight is 402 g/mol. The third-order valence-electron chi connectivity index (χ3n) is 5.41. The predicted octanol–water partition coefficient (Wildman–Crippen LogP) is 2.47. The average Bonchev–Trinajstić information content (AvgIpc) is 3.08. The van der Waals surface area contributed by atoms with E-state index in [1.165, 1.54) is 18.8 Å². The lowest BCUT2D eigenvalue weighted by Gasteiger charge is -2.37. The number of fused-ring (bicyclic) bond motifs is 2. The van der Waals surface area contributed by atoms with Gasteiger partial charge in [-0.25, -0.2) is 4.79 Å². The standard InChI is InChI=1S/C16H19IO4/c1-2-19-12(18)5-6-20-10-3-4-11-14-9-7-8(13(10)14)15(17)16(9)21-11/h3-6,8-11,13-16H,2,7H2,1H3/b6-5+/t8?,9?,10-,11?,13?,14?,15?,16?/m0/s1. The molecule has 0 amide bonds. The van der Waals surface area contributed by atoms with Gasteiger partial charge in [0.2, 0.25) is 0 Å². The number of halogens is 1. The first-order valence-corrected chi connectivity index (χ1v) is 8.92. The normalized spacial score (nSPS) is 49.0. The Hall–Kier alpha value is -0.560. The molecule has 3 aliphatic carbocycles. The van der Waals surface area contributed by atoms with Crippen LogP contribution in [0.3, 0.4) is 0 Å². The predicted molar refractivity (Wildman–Crippen MR) is 84.8 cm³/mol. The van der Waals surface area contributed by atoms with Gasteiger partial charge in [0.05, 0.1) is 31.2 Å². The van der Waals surface area contributed by atoms with Crippen LogP contribution in [0.15, 0.2) is 24.5 Å². The van der Waals surface area contributed by atoms with Crippen LogP contribution in [0, 0.1) is 23.7 Å². The first-order chi connectivity index (χ1) is 10.2. The van der Waals surface area contributed by atoms with E-state index >= 15 is 0 Å². The van der Waals surface area contributed by atoms with Crippen LogP contribution in [0.25, 0.3) is 0 Å². The molecule has 0 N–H and O–H groups in total. The summed E-state index contributed by atoms with van der Waals surface area (Å²) in [6.07, 6.45) is 9.20. The highest BCUT2D eigenvalue weighted by atomic mass is 127. The van der Waals surface area contributed by atoms with Gasteiger partial charge >= 0.3 is 5.97 Å². The molecule has 3 fully saturated rings. The van der Waals surface area contributed by atoms with Crippen molar-refractivity contribution in [3.63, 3.8) is 0 Å². The van der Waals surface area contributed by atoms with Crippen molar-refractivity contribution in [2.45, 2.75) is 35.6 Å². The van der Waals surface area contributed by atoms with Gasteiger partial charge in [-0.2, -0.15) is 0 Å². The fourth-order valence-electron chi connectivity index (χ4n) is 4.78. The summed E-state index contributed by atoms with van der Waals surface area (Å²) in [7, 11) is 0. The molecule has 8 atom stereocenters. The molecule has 7 unspecified atom stereocenters. The molecule has 1 heterocycles. The molecule has 0 radical (unpaired) electrons. The molecule has 2 bridgehead atoms. The highest BCUT2D eigenvalue weighted by Gasteiger charge is 2.66. The molecule has 0 aromatic carbocycles. The van der Waals surface area contributed by atoms with Crippen molar-refractivity contribution in [3.05, 3.63) is 24.5 Å². The van der Waals surface area contributed by atoms with Crippen LogP contribution in [0.2, 0.25) is 0 Å². The number of carbonyl (C=O) groups excluding carboxylic acids is 1. The van der Waals surface area contributed by atoms with Crippen molar-refractivity contribution in [1.29, 1.82) is 0 Å². The largest absolute Gasteiger partial charge is 0.493 e. The fraction of sp³-hybridized carbons (Fsp3) is 0.688. The summed E-state index contributed by atoms with van der Waals surface area (Å²) in [6, 6.07) is 0. The summed E-state index contributed by atoms with van der Waals surface area (Å²) in [5.74, 6) is 2.17. The first-order valence-electron chi connectivity index (χ1n) is 7.67. The Morgan fingerprint density at radius 2 is 2.24 bits per heavy atom. The molecule has 0 aromatic rings. The lowest BCUT2D eigenvalue weighted by Crippen LogP contribution is -2.42. The second-order valence-electron chi connectivity index (χ2n) is 6.27. The van der Waals surface area contributed by atoms with Gasteiger partial charge in [0.15, 0.2) is 0 Å². The molecule has 114 valence electrons. The number of hydrogen-bond acceptors (Lipinski definition) is 4. The third kappa shape index (κ3) is 2.07. The van der Waals surface area contributed by atoms with Gasteiger partial charge in [0.1, 0.15) is 6.10 Å². The quantitative estimate of drug-likeness (QED) is 0.181. The van der Waals surface area contributed by atoms with Crippen molar-refractivity contribution in [2.75, 3.05) is 6.61 Å². The van der Waals surface area contributed by atoms with E-state index in [0.29, 0.717) is 40.3 Å². The van der Waals surface area contributed by atoms with E-state index in [1.807, 2.05) is 0 Å². The minimum Gasteiger partial charge on any atom is -0.493 e. The molecule has 5 heteroatoms. The van der Waals surface area contributed by atoms with E-state index in [4.69, 9.17) is 14.2 Å². The van der Waals surface area contributed by atoms with Crippen LogP contribution < -0.4 is 0 Å². The Bertz CT molecular complexity index is 503. The zero-order valence-electron chi connectivity index (χ0n) is 11.9. The molecular weight excluding hydrogens is 383 g/mol. The molecule has 2 saturated carbocycles. The molecule has 4 nitrogen and oxygen atoms in total. The molecule has 21 heavy (non-hydrogen) atoms. The lowest BCUT2D eigenvalue weighted by molar-refractivity contribution is -0.137. The number of ether oxygens (including phenoxy) is 3. The lowest BCUT2D eigenvalue weighted by atomic mass is 9.72. The zero-order chi connectivity index (χ0) is 14.6. The summed E-state index contributed by atoms with van der Waals surface area (Å²) in [5, 5.41) is 0. The summed E-state index contributed by atoms with van der Waals surface area (Å²) < 4.78 is 17.5. The highest BCUT2D eigenvalue weighted by molar-refractivity contribution is 14.1. The van der Waals surface area contributed by atoms with Gasteiger partial charge in [0, 0.05) is 15.8 Å². The Morgan fingerprint density at radius 1 is 1.38 bits per heavy atom. The van der Waals surface area contributed by atoms with Gasteiger partial charge in [-0.15, -0.1) is 0 Å². The maximum absolute atomic E-state index is 11.3. The number of carbonyl (C=O) groups is 1. The maximum atomic E-state index is 11.3. The van der Waals surface area contributed by atoms with E-state index in [1.54, 1.807) is 6.92 Å². The van der Waals surface area contributed by atoms with Crippen molar-refractivity contribution < 1.29 is 19.0 Å². The van der Waals surface area contributed by atoms with E-state index in [-0.39, 0.29) is 18.2 Å². The second kappa shape index (κ2) is 5.26. The summed E-state index contributed by atoms with van der Waals surface area (Å²) in [6.45, 7) is 2.18. The van der Waals surface area contributed by atoms with Crippen LogP contribution in [0.5, 0.6) is 0 Å². The SMILES string of the molecule is CCOC(=O)/C=C/O[C@H]1C=CC2OC3C(I)C4CC3C2C41. The van der Waals surface area contributed by atoms with Crippen molar-refractivity contribution in [1.82, 2.24) is 0 Å². The van der Waals surface area contributed by atoms with Crippen molar-refractivity contribution in [3.8, 4) is 0 Å². The third-order valence-corrected chi connectivity index (χ3v) is 7.04. The van der Waals surface area contributed by atoms with Gasteiger partial charge in [-0.3, -0.25) is 0 Å². The molecule has 4 rings (SSSR count). The Morgan fingerprint density at radius 3 is 3.05 bits per heavy atom. The molecule has 0 spiro atoms.